The monoisotopic (exact) mass is 290 g/mol. The van der Waals surface area contributed by atoms with Crippen LogP contribution in [-0.2, 0) is 0 Å². The number of benzene rings is 1. The lowest BCUT2D eigenvalue weighted by Gasteiger charge is -2.32. The molecule has 2 aliphatic rings. The van der Waals surface area contributed by atoms with Crippen molar-refractivity contribution in [1.29, 1.82) is 0 Å². The summed E-state index contributed by atoms with van der Waals surface area (Å²) in [6, 6.07) is 5.13. The molecule has 1 amide bonds. The van der Waals surface area contributed by atoms with Crippen molar-refractivity contribution >= 4 is 11.6 Å². The van der Waals surface area contributed by atoms with Gasteiger partial charge in [-0.2, -0.15) is 0 Å². The van der Waals surface area contributed by atoms with Crippen LogP contribution >= 0.6 is 0 Å². The molecule has 1 saturated heterocycles. The van der Waals surface area contributed by atoms with Crippen molar-refractivity contribution < 1.29 is 9.18 Å². The highest BCUT2D eigenvalue weighted by Crippen LogP contribution is 2.37. The lowest BCUT2D eigenvalue weighted by atomic mass is 9.85. The van der Waals surface area contributed by atoms with E-state index in [1.165, 1.54) is 25.3 Å². The van der Waals surface area contributed by atoms with Gasteiger partial charge in [0.2, 0.25) is 0 Å². The maximum Gasteiger partial charge on any atom is 0.256 e. The molecule has 2 unspecified atom stereocenters. The number of anilines is 1. The number of hydrogen-bond donors (Lipinski definition) is 1. The molecule has 0 aromatic heterocycles. The highest BCUT2D eigenvalue weighted by atomic mass is 19.1. The normalized spacial score (nSPS) is 24.8. The fourth-order valence-electron chi connectivity index (χ4n) is 3.87. The third kappa shape index (κ3) is 2.63. The van der Waals surface area contributed by atoms with Crippen LogP contribution in [0.2, 0.25) is 0 Å². The molecule has 1 aliphatic heterocycles. The van der Waals surface area contributed by atoms with E-state index in [0.717, 1.165) is 19.4 Å². The second-order valence-corrected chi connectivity index (χ2v) is 6.09. The van der Waals surface area contributed by atoms with Gasteiger partial charge in [-0.1, -0.05) is 18.9 Å². The molecular formula is C17H23FN2O. The summed E-state index contributed by atoms with van der Waals surface area (Å²) in [5.74, 6) is 0.292. The molecule has 1 aromatic rings. The molecule has 114 valence electrons. The van der Waals surface area contributed by atoms with Gasteiger partial charge in [0.25, 0.3) is 5.91 Å². The number of nitrogens with zero attached hydrogens (tertiary/aromatic N) is 1. The molecule has 4 heteroatoms. The van der Waals surface area contributed by atoms with E-state index in [2.05, 4.69) is 5.32 Å². The summed E-state index contributed by atoms with van der Waals surface area (Å²) in [7, 11) is 0. The Balaban J connectivity index is 1.87. The number of carbonyl (C=O) groups excluding carboxylic acids is 1. The molecule has 3 nitrogen and oxygen atoms in total. The maximum atomic E-state index is 14.0. The topological polar surface area (TPSA) is 32.3 Å². The summed E-state index contributed by atoms with van der Waals surface area (Å²) in [6.07, 6.45) is 5.92. The van der Waals surface area contributed by atoms with Crippen LogP contribution < -0.4 is 5.32 Å². The van der Waals surface area contributed by atoms with Gasteiger partial charge in [0.15, 0.2) is 0 Å². The van der Waals surface area contributed by atoms with Gasteiger partial charge >= 0.3 is 0 Å². The summed E-state index contributed by atoms with van der Waals surface area (Å²) in [6.45, 7) is 3.33. The van der Waals surface area contributed by atoms with Crippen LogP contribution in [0.1, 0.15) is 49.4 Å². The highest BCUT2D eigenvalue weighted by molar-refractivity contribution is 6.00. The summed E-state index contributed by atoms with van der Waals surface area (Å²) in [4.78, 5) is 14.9. The molecule has 2 atom stereocenters. The van der Waals surface area contributed by atoms with Crippen LogP contribution in [0.15, 0.2) is 18.2 Å². The molecule has 1 N–H and O–H groups in total. The smallest absolute Gasteiger partial charge is 0.256 e. The van der Waals surface area contributed by atoms with E-state index in [9.17, 15) is 9.18 Å². The van der Waals surface area contributed by atoms with Crippen LogP contribution in [0.4, 0.5) is 10.1 Å². The predicted molar refractivity (Wildman–Crippen MR) is 82.0 cm³/mol. The molecule has 3 rings (SSSR count). The lowest BCUT2D eigenvalue weighted by Crippen LogP contribution is -2.39. The van der Waals surface area contributed by atoms with Crippen molar-refractivity contribution in [3.8, 4) is 0 Å². The number of likely N-dealkylation sites (tertiary alicyclic amines) is 1. The van der Waals surface area contributed by atoms with Gasteiger partial charge in [-0.05, 0) is 44.2 Å². The van der Waals surface area contributed by atoms with E-state index in [4.69, 9.17) is 0 Å². The average molecular weight is 290 g/mol. The first-order chi connectivity index (χ1) is 10.2. The van der Waals surface area contributed by atoms with Gasteiger partial charge in [-0.25, -0.2) is 4.39 Å². The molecule has 0 bridgehead atoms. The highest BCUT2D eigenvalue weighted by Gasteiger charge is 2.39. The molecule has 21 heavy (non-hydrogen) atoms. The van der Waals surface area contributed by atoms with Gasteiger partial charge in [0.1, 0.15) is 5.82 Å². The quantitative estimate of drug-likeness (QED) is 0.921. The molecule has 2 fully saturated rings. The third-order valence-electron chi connectivity index (χ3n) is 4.87. The number of nitrogens with one attached hydrogen (secondary N) is 1. The summed E-state index contributed by atoms with van der Waals surface area (Å²) in [5, 5.41) is 3.00. The lowest BCUT2D eigenvalue weighted by molar-refractivity contribution is 0.0690. The number of fused-ring (bicyclic) bond motifs is 1. The van der Waals surface area contributed by atoms with Crippen molar-refractivity contribution in [2.24, 2.45) is 5.92 Å². The summed E-state index contributed by atoms with van der Waals surface area (Å²) < 4.78 is 14.0. The van der Waals surface area contributed by atoms with E-state index < -0.39 is 0 Å². The van der Waals surface area contributed by atoms with Crippen molar-refractivity contribution in [3.05, 3.63) is 29.6 Å². The van der Waals surface area contributed by atoms with Gasteiger partial charge in [-0.15, -0.1) is 0 Å². The second kappa shape index (κ2) is 6.04. The number of para-hydroxylation sites is 1. The van der Waals surface area contributed by atoms with Crippen LogP contribution in [0.3, 0.4) is 0 Å². The first kappa shape index (κ1) is 14.4. The van der Waals surface area contributed by atoms with E-state index in [1.807, 2.05) is 11.8 Å². The Hall–Kier alpha value is -1.58. The standard InChI is InChI=1S/C17H23FN2O/c1-2-19-16-13(7-5-8-14(16)18)17(21)20-11-10-12-6-3-4-9-15(12)20/h5,7-8,12,15,19H,2-4,6,9-11H2,1H3. The van der Waals surface area contributed by atoms with Crippen molar-refractivity contribution in [3.63, 3.8) is 0 Å². The SMILES string of the molecule is CCNc1c(F)cccc1C(=O)N1CCC2CCCCC21. The van der Waals surface area contributed by atoms with E-state index in [-0.39, 0.29) is 11.7 Å². The second-order valence-electron chi connectivity index (χ2n) is 6.09. The van der Waals surface area contributed by atoms with Crippen molar-refractivity contribution in [2.75, 3.05) is 18.4 Å². The largest absolute Gasteiger partial charge is 0.382 e. The minimum Gasteiger partial charge on any atom is -0.382 e. The van der Waals surface area contributed by atoms with Crippen molar-refractivity contribution in [2.45, 2.75) is 45.1 Å². The van der Waals surface area contributed by atoms with Crippen molar-refractivity contribution in [1.82, 2.24) is 4.90 Å². The zero-order valence-electron chi connectivity index (χ0n) is 12.6. The number of amides is 1. The molecule has 0 radical (unpaired) electrons. The number of carbonyl (C=O) groups is 1. The number of halogens is 1. The summed E-state index contributed by atoms with van der Waals surface area (Å²) >= 11 is 0. The Morgan fingerprint density at radius 1 is 1.33 bits per heavy atom. The maximum absolute atomic E-state index is 14.0. The van der Waals surface area contributed by atoms with Gasteiger partial charge in [0.05, 0.1) is 11.3 Å². The van der Waals surface area contributed by atoms with Crippen LogP contribution in [0.25, 0.3) is 0 Å². The minimum absolute atomic E-state index is 0.0140. The Labute approximate surface area is 125 Å². The zero-order chi connectivity index (χ0) is 14.8. The summed E-state index contributed by atoms with van der Waals surface area (Å²) in [5.41, 5.74) is 0.826. The third-order valence-corrected chi connectivity index (χ3v) is 4.87. The molecule has 1 aliphatic carbocycles. The Kier molecular flexibility index (Phi) is 4.13. The molecular weight excluding hydrogens is 267 g/mol. The zero-order valence-corrected chi connectivity index (χ0v) is 12.6. The molecule has 0 spiro atoms. The predicted octanol–water partition coefficient (Wildman–Crippen LogP) is 3.66. The van der Waals surface area contributed by atoms with E-state index >= 15 is 0 Å². The number of rotatable bonds is 3. The molecule has 1 aromatic carbocycles. The fraction of sp³-hybridized carbons (Fsp3) is 0.588. The fourth-order valence-corrected chi connectivity index (χ4v) is 3.87. The average Bonchev–Trinajstić information content (AvgIpc) is 2.93. The Morgan fingerprint density at radius 3 is 2.95 bits per heavy atom. The van der Waals surface area contributed by atoms with Gasteiger partial charge in [-0.3, -0.25) is 4.79 Å². The van der Waals surface area contributed by atoms with Crippen LogP contribution in [-0.4, -0.2) is 29.9 Å². The van der Waals surface area contributed by atoms with E-state index in [1.54, 1.807) is 12.1 Å². The Bertz CT molecular complexity index is 532. The first-order valence-electron chi connectivity index (χ1n) is 8.05. The minimum atomic E-state index is -0.345. The van der Waals surface area contributed by atoms with Crippen LogP contribution in [0, 0.1) is 11.7 Å². The molecule has 1 saturated carbocycles. The van der Waals surface area contributed by atoms with Gasteiger partial charge < -0.3 is 10.2 Å². The molecule has 1 heterocycles. The Morgan fingerprint density at radius 2 is 2.14 bits per heavy atom. The number of hydrogen-bond acceptors (Lipinski definition) is 2. The van der Waals surface area contributed by atoms with E-state index in [0.29, 0.717) is 29.8 Å². The first-order valence-corrected chi connectivity index (χ1v) is 8.05. The van der Waals surface area contributed by atoms with Gasteiger partial charge in [0, 0.05) is 19.1 Å². The van der Waals surface area contributed by atoms with Crippen LogP contribution in [0.5, 0.6) is 0 Å².